The van der Waals surface area contributed by atoms with Gasteiger partial charge >= 0.3 is 6.09 Å². The van der Waals surface area contributed by atoms with E-state index in [1.54, 1.807) is 6.07 Å². The van der Waals surface area contributed by atoms with Gasteiger partial charge in [0.1, 0.15) is 6.07 Å². The molecule has 6 nitrogen and oxygen atoms in total. The normalized spacial score (nSPS) is 15.2. The standard InChI is InChI=1S/C12H13ClN4O2/c13-9-5-8(7-14)11(6-10(9)15)16-1-3-17(4-2-16)12(18)19/h5-6H,1-4,15H2,(H,18,19). The number of rotatable bonds is 1. The summed E-state index contributed by atoms with van der Waals surface area (Å²) >= 11 is 5.89. The molecule has 1 aromatic rings. The van der Waals surface area contributed by atoms with Crippen LogP contribution in [0.5, 0.6) is 0 Å². The zero-order valence-electron chi connectivity index (χ0n) is 10.1. The molecule has 19 heavy (non-hydrogen) atoms. The van der Waals surface area contributed by atoms with E-state index < -0.39 is 6.09 Å². The predicted octanol–water partition coefficient (Wildman–Crippen LogP) is 1.59. The highest BCUT2D eigenvalue weighted by Gasteiger charge is 2.22. The number of piperazine rings is 1. The van der Waals surface area contributed by atoms with Crippen molar-refractivity contribution in [3.05, 3.63) is 22.7 Å². The van der Waals surface area contributed by atoms with Crippen molar-refractivity contribution >= 4 is 29.1 Å². The maximum Gasteiger partial charge on any atom is 0.407 e. The topological polar surface area (TPSA) is 93.6 Å². The van der Waals surface area contributed by atoms with Crippen molar-refractivity contribution in [2.45, 2.75) is 0 Å². The van der Waals surface area contributed by atoms with Crippen LogP contribution in [0.3, 0.4) is 0 Å². The second kappa shape index (κ2) is 5.24. The van der Waals surface area contributed by atoms with Gasteiger partial charge in [-0.05, 0) is 12.1 Å². The van der Waals surface area contributed by atoms with E-state index >= 15 is 0 Å². The first-order valence-electron chi connectivity index (χ1n) is 5.75. The van der Waals surface area contributed by atoms with Gasteiger partial charge in [0.05, 0.1) is 22.0 Å². The Bertz CT molecular complexity index is 547. The van der Waals surface area contributed by atoms with E-state index in [-0.39, 0.29) is 0 Å². The molecule has 3 N–H and O–H groups in total. The molecule has 0 saturated carbocycles. The molecular weight excluding hydrogens is 268 g/mol. The Morgan fingerprint density at radius 1 is 1.37 bits per heavy atom. The monoisotopic (exact) mass is 280 g/mol. The van der Waals surface area contributed by atoms with Crippen molar-refractivity contribution in [1.82, 2.24) is 4.90 Å². The molecule has 1 saturated heterocycles. The lowest BCUT2D eigenvalue weighted by Crippen LogP contribution is -2.48. The first kappa shape index (κ1) is 13.3. The lowest BCUT2D eigenvalue weighted by atomic mass is 10.1. The van der Waals surface area contributed by atoms with Crippen molar-refractivity contribution in [2.24, 2.45) is 0 Å². The Balaban J connectivity index is 2.22. The summed E-state index contributed by atoms with van der Waals surface area (Å²) in [7, 11) is 0. The molecule has 0 spiro atoms. The minimum absolute atomic E-state index is 0.351. The number of nitrogens with two attached hydrogens (primary N) is 1. The van der Waals surface area contributed by atoms with Gasteiger partial charge in [-0.15, -0.1) is 0 Å². The van der Waals surface area contributed by atoms with E-state index in [4.69, 9.17) is 27.7 Å². The predicted molar refractivity (Wildman–Crippen MR) is 72.4 cm³/mol. The number of halogens is 1. The van der Waals surface area contributed by atoms with Crippen molar-refractivity contribution in [3.8, 4) is 6.07 Å². The first-order valence-corrected chi connectivity index (χ1v) is 6.12. The van der Waals surface area contributed by atoms with Crippen molar-refractivity contribution in [2.75, 3.05) is 36.8 Å². The highest BCUT2D eigenvalue weighted by Crippen LogP contribution is 2.30. The zero-order valence-corrected chi connectivity index (χ0v) is 10.9. The Morgan fingerprint density at radius 3 is 2.53 bits per heavy atom. The van der Waals surface area contributed by atoms with Crippen LogP contribution in [0.25, 0.3) is 0 Å². The summed E-state index contributed by atoms with van der Waals surface area (Å²) in [4.78, 5) is 14.1. The highest BCUT2D eigenvalue weighted by molar-refractivity contribution is 6.33. The van der Waals surface area contributed by atoms with Gasteiger partial charge in [0.2, 0.25) is 0 Å². The summed E-state index contributed by atoms with van der Waals surface area (Å²) in [5.41, 5.74) is 7.32. The van der Waals surface area contributed by atoms with Crippen molar-refractivity contribution < 1.29 is 9.90 Å². The van der Waals surface area contributed by atoms with Crippen LogP contribution in [-0.2, 0) is 0 Å². The first-order chi connectivity index (χ1) is 9.02. The summed E-state index contributed by atoms with van der Waals surface area (Å²) in [5, 5.41) is 18.4. The van der Waals surface area contributed by atoms with Crippen molar-refractivity contribution in [3.63, 3.8) is 0 Å². The van der Waals surface area contributed by atoms with Crippen LogP contribution in [0, 0.1) is 11.3 Å². The second-order valence-electron chi connectivity index (χ2n) is 4.26. The molecule has 1 fully saturated rings. The molecule has 0 aromatic heterocycles. The molecule has 0 bridgehead atoms. The fraction of sp³-hybridized carbons (Fsp3) is 0.333. The molecule has 2 rings (SSSR count). The molecule has 1 aromatic carbocycles. The SMILES string of the molecule is N#Cc1cc(Cl)c(N)cc1N1CCN(C(=O)O)CC1. The van der Waals surface area contributed by atoms with Crippen LogP contribution in [0.15, 0.2) is 12.1 Å². The number of carbonyl (C=O) groups is 1. The molecule has 1 aliphatic heterocycles. The average Bonchev–Trinajstić information content (AvgIpc) is 2.41. The molecule has 0 radical (unpaired) electrons. The zero-order chi connectivity index (χ0) is 14.0. The minimum Gasteiger partial charge on any atom is -0.465 e. The number of nitrogen functional groups attached to an aromatic ring is 1. The molecule has 7 heteroatoms. The summed E-state index contributed by atoms with van der Waals surface area (Å²) in [5.74, 6) is 0. The number of carboxylic acid groups (broad SMARTS) is 1. The number of hydrogen-bond donors (Lipinski definition) is 2. The van der Waals surface area contributed by atoms with E-state index in [1.165, 1.54) is 11.0 Å². The lowest BCUT2D eigenvalue weighted by Gasteiger charge is -2.35. The quantitative estimate of drug-likeness (QED) is 0.762. The number of benzene rings is 1. The number of nitrogens with zero attached hydrogens (tertiary/aromatic N) is 3. The minimum atomic E-state index is -0.921. The van der Waals surface area contributed by atoms with Gasteiger partial charge in [0, 0.05) is 26.2 Å². The summed E-state index contributed by atoms with van der Waals surface area (Å²) in [6, 6.07) is 5.28. The van der Waals surface area contributed by atoms with Gasteiger partial charge in [-0.2, -0.15) is 5.26 Å². The van der Waals surface area contributed by atoms with E-state index in [2.05, 4.69) is 6.07 Å². The smallest absolute Gasteiger partial charge is 0.407 e. The lowest BCUT2D eigenvalue weighted by molar-refractivity contribution is 0.142. The third-order valence-electron chi connectivity index (χ3n) is 3.13. The fourth-order valence-electron chi connectivity index (χ4n) is 2.07. The summed E-state index contributed by atoms with van der Waals surface area (Å²) < 4.78 is 0. The van der Waals surface area contributed by atoms with Gasteiger partial charge in [-0.25, -0.2) is 4.79 Å². The Morgan fingerprint density at radius 2 is 2.00 bits per heavy atom. The number of amides is 1. The van der Waals surface area contributed by atoms with Gasteiger partial charge in [0.15, 0.2) is 0 Å². The molecule has 1 heterocycles. The Kier molecular flexibility index (Phi) is 3.67. The Hall–Kier alpha value is -2.13. The van der Waals surface area contributed by atoms with E-state index in [0.29, 0.717) is 48.1 Å². The maximum atomic E-state index is 10.8. The van der Waals surface area contributed by atoms with Crippen LogP contribution in [0.1, 0.15) is 5.56 Å². The van der Waals surface area contributed by atoms with E-state index in [9.17, 15) is 4.79 Å². The summed E-state index contributed by atoms with van der Waals surface area (Å²) in [6.07, 6.45) is -0.921. The largest absolute Gasteiger partial charge is 0.465 e. The van der Waals surface area contributed by atoms with Crippen LogP contribution >= 0.6 is 11.6 Å². The van der Waals surface area contributed by atoms with E-state index in [0.717, 1.165) is 0 Å². The fourth-order valence-corrected chi connectivity index (χ4v) is 2.23. The number of anilines is 2. The number of nitriles is 1. The number of hydrogen-bond acceptors (Lipinski definition) is 4. The molecular formula is C12H13ClN4O2. The molecule has 0 aliphatic carbocycles. The maximum absolute atomic E-state index is 10.8. The molecule has 1 amide bonds. The summed E-state index contributed by atoms with van der Waals surface area (Å²) in [6.45, 7) is 1.87. The third-order valence-corrected chi connectivity index (χ3v) is 3.45. The van der Waals surface area contributed by atoms with Crippen LogP contribution < -0.4 is 10.6 Å². The average molecular weight is 281 g/mol. The Labute approximate surface area is 115 Å². The second-order valence-corrected chi connectivity index (χ2v) is 4.67. The van der Waals surface area contributed by atoms with Crippen LogP contribution in [0.2, 0.25) is 5.02 Å². The molecule has 0 atom stereocenters. The van der Waals surface area contributed by atoms with E-state index in [1.807, 2.05) is 4.90 Å². The molecule has 1 aliphatic rings. The van der Waals surface area contributed by atoms with Gasteiger partial charge in [-0.1, -0.05) is 11.6 Å². The van der Waals surface area contributed by atoms with Crippen LogP contribution in [-0.4, -0.2) is 42.3 Å². The van der Waals surface area contributed by atoms with Gasteiger partial charge in [0.25, 0.3) is 0 Å². The van der Waals surface area contributed by atoms with Gasteiger partial charge < -0.3 is 20.6 Å². The molecule has 0 unspecified atom stereocenters. The third kappa shape index (κ3) is 2.66. The highest BCUT2D eigenvalue weighted by atomic mass is 35.5. The molecule has 100 valence electrons. The van der Waals surface area contributed by atoms with Crippen LogP contribution in [0.4, 0.5) is 16.2 Å². The van der Waals surface area contributed by atoms with Crippen molar-refractivity contribution in [1.29, 1.82) is 5.26 Å². The van der Waals surface area contributed by atoms with Gasteiger partial charge in [-0.3, -0.25) is 0 Å².